The summed E-state index contributed by atoms with van der Waals surface area (Å²) in [6, 6.07) is 3.51. The van der Waals surface area contributed by atoms with E-state index in [1.54, 1.807) is 19.1 Å². The van der Waals surface area contributed by atoms with Crippen LogP contribution in [0.15, 0.2) is 12.1 Å². The molecule has 23 heavy (non-hydrogen) atoms. The van der Waals surface area contributed by atoms with E-state index < -0.39 is 17.4 Å². The van der Waals surface area contributed by atoms with Gasteiger partial charge in [0.1, 0.15) is 5.60 Å². The van der Waals surface area contributed by atoms with Crippen LogP contribution in [0.1, 0.15) is 50.8 Å². The molecule has 6 heteroatoms. The number of rotatable bonds is 1. The number of aryl methyl sites for hydroxylation is 1. The van der Waals surface area contributed by atoms with Crippen molar-refractivity contribution in [3.8, 4) is 11.5 Å². The number of ether oxygens (including phenoxy) is 3. The molecule has 0 aliphatic carbocycles. The van der Waals surface area contributed by atoms with Crippen LogP contribution < -0.4 is 9.47 Å². The number of benzene rings is 1. The fourth-order valence-electron chi connectivity index (χ4n) is 2.38. The molecule has 1 aromatic heterocycles. The normalized spacial score (nSPS) is 15.7. The molecule has 0 spiro atoms. The zero-order valence-corrected chi connectivity index (χ0v) is 14.2. The lowest BCUT2D eigenvalue weighted by molar-refractivity contribution is -0.0431. The molecule has 0 saturated carbocycles. The van der Waals surface area contributed by atoms with Gasteiger partial charge in [0.15, 0.2) is 17.2 Å². The lowest BCUT2D eigenvalue weighted by Crippen LogP contribution is -2.29. The predicted octanol–water partition coefficient (Wildman–Crippen LogP) is 3.40. The first-order valence-electron chi connectivity index (χ1n) is 7.48. The quantitative estimate of drug-likeness (QED) is 0.751. The van der Waals surface area contributed by atoms with Crippen molar-refractivity contribution in [1.29, 1.82) is 0 Å². The minimum Gasteiger partial charge on any atom is -0.455 e. The van der Waals surface area contributed by atoms with E-state index in [1.807, 2.05) is 34.6 Å². The highest BCUT2D eigenvalue weighted by Crippen LogP contribution is 2.41. The van der Waals surface area contributed by atoms with Gasteiger partial charge in [0, 0.05) is 26.0 Å². The SMILES string of the molecule is Cc1nc2cc3c(cc2nc1C(=O)OC(C)(C)C)OC(C)(C)O3. The number of nitrogens with zero attached hydrogens (tertiary/aromatic N) is 2. The molecule has 0 N–H and O–H groups in total. The summed E-state index contributed by atoms with van der Waals surface area (Å²) < 4.78 is 16.8. The summed E-state index contributed by atoms with van der Waals surface area (Å²) in [5.74, 6) is 0.0161. The number of carbonyl (C=O) groups excluding carboxylic acids is 1. The second-order valence-electron chi connectivity index (χ2n) is 7.05. The number of hydrogen-bond acceptors (Lipinski definition) is 6. The lowest BCUT2D eigenvalue weighted by atomic mass is 10.2. The molecule has 2 aromatic rings. The predicted molar refractivity (Wildman–Crippen MR) is 84.8 cm³/mol. The highest BCUT2D eigenvalue weighted by Gasteiger charge is 2.32. The third kappa shape index (κ3) is 3.06. The van der Waals surface area contributed by atoms with E-state index in [0.717, 1.165) is 0 Å². The molecule has 0 amide bonds. The van der Waals surface area contributed by atoms with Crippen LogP contribution >= 0.6 is 0 Å². The molecular weight excluding hydrogens is 296 g/mol. The Bertz CT molecular complexity index is 806. The van der Waals surface area contributed by atoms with Crippen LogP contribution in [0, 0.1) is 6.92 Å². The second kappa shape index (κ2) is 4.81. The van der Waals surface area contributed by atoms with Crippen molar-refractivity contribution < 1.29 is 19.0 Å². The smallest absolute Gasteiger partial charge is 0.359 e. The van der Waals surface area contributed by atoms with Gasteiger partial charge in [0.25, 0.3) is 0 Å². The Morgan fingerprint density at radius 3 is 2.13 bits per heavy atom. The van der Waals surface area contributed by atoms with Gasteiger partial charge in [-0.05, 0) is 27.7 Å². The highest BCUT2D eigenvalue weighted by molar-refractivity contribution is 5.91. The summed E-state index contributed by atoms with van der Waals surface area (Å²) >= 11 is 0. The van der Waals surface area contributed by atoms with Gasteiger partial charge in [-0.15, -0.1) is 0 Å². The van der Waals surface area contributed by atoms with E-state index in [1.165, 1.54) is 0 Å². The maximum absolute atomic E-state index is 12.3. The Labute approximate surface area is 134 Å². The lowest BCUT2D eigenvalue weighted by Gasteiger charge is -2.19. The van der Waals surface area contributed by atoms with Gasteiger partial charge in [-0.1, -0.05) is 0 Å². The topological polar surface area (TPSA) is 70.5 Å². The van der Waals surface area contributed by atoms with Gasteiger partial charge in [-0.25, -0.2) is 14.8 Å². The van der Waals surface area contributed by atoms with Gasteiger partial charge < -0.3 is 14.2 Å². The first-order valence-corrected chi connectivity index (χ1v) is 7.48. The van der Waals surface area contributed by atoms with E-state index in [-0.39, 0.29) is 5.69 Å². The Hall–Kier alpha value is -2.37. The molecule has 0 radical (unpaired) electrons. The third-order valence-electron chi connectivity index (χ3n) is 3.21. The average Bonchev–Trinajstić information content (AvgIpc) is 2.65. The molecule has 0 fully saturated rings. The van der Waals surface area contributed by atoms with Crippen LogP contribution in [0.2, 0.25) is 0 Å². The van der Waals surface area contributed by atoms with Crippen molar-refractivity contribution in [3.05, 3.63) is 23.5 Å². The summed E-state index contributed by atoms with van der Waals surface area (Å²) in [5, 5.41) is 0. The van der Waals surface area contributed by atoms with Crippen molar-refractivity contribution in [2.24, 2.45) is 0 Å². The maximum atomic E-state index is 12.3. The molecular formula is C17H20N2O4. The highest BCUT2D eigenvalue weighted by atomic mass is 16.7. The fraction of sp³-hybridized carbons (Fsp3) is 0.471. The van der Waals surface area contributed by atoms with Crippen molar-refractivity contribution in [1.82, 2.24) is 9.97 Å². The summed E-state index contributed by atoms with van der Waals surface area (Å²) in [6.45, 7) is 10.8. The zero-order valence-electron chi connectivity index (χ0n) is 14.2. The summed E-state index contributed by atoms with van der Waals surface area (Å²) in [7, 11) is 0. The Kier molecular flexibility index (Phi) is 3.25. The number of fused-ring (bicyclic) bond motifs is 2. The van der Waals surface area contributed by atoms with E-state index in [4.69, 9.17) is 14.2 Å². The number of esters is 1. The minimum atomic E-state index is -0.719. The molecule has 0 saturated heterocycles. The fourth-order valence-corrected chi connectivity index (χ4v) is 2.38. The van der Waals surface area contributed by atoms with E-state index in [9.17, 15) is 4.79 Å². The standard InChI is InChI=1S/C17H20N2O4/c1-9-14(15(20)23-16(2,3)4)19-11-8-13-12(7-10(11)18-9)21-17(5,6)22-13/h7-8H,1-6H3. The van der Waals surface area contributed by atoms with Crippen LogP contribution in [0.25, 0.3) is 11.0 Å². The van der Waals surface area contributed by atoms with E-state index in [0.29, 0.717) is 28.2 Å². The van der Waals surface area contributed by atoms with Crippen molar-refractivity contribution in [3.63, 3.8) is 0 Å². The summed E-state index contributed by atoms with van der Waals surface area (Å²) in [6.07, 6.45) is 0. The molecule has 1 aliphatic heterocycles. The largest absolute Gasteiger partial charge is 0.455 e. The molecule has 1 aromatic carbocycles. The van der Waals surface area contributed by atoms with Gasteiger partial charge in [-0.2, -0.15) is 0 Å². The third-order valence-corrected chi connectivity index (χ3v) is 3.21. The number of hydrogen-bond donors (Lipinski definition) is 0. The van der Waals surface area contributed by atoms with Crippen LogP contribution in [0.4, 0.5) is 0 Å². The molecule has 2 heterocycles. The Morgan fingerprint density at radius 1 is 1.09 bits per heavy atom. The van der Waals surface area contributed by atoms with Crippen LogP contribution in [0.3, 0.4) is 0 Å². The second-order valence-corrected chi connectivity index (χ2v) is 7.05. The van der Waals surface area contributed by atoms with Gasteiger partial charge in [0.2, 0.25) is 5.79 Å². The summed E-state index contributed by atoms with van der Waals surface area (Å²) in [5.41, 5.74) is 1.36. The summed E-state index contributed by atoms with van der Waals surface area (Å²) in [4.78, 5) is 21.1. The van der Waals surface area contributed by atoms with Gasteiger partial charge in [-0.3, -0.25) is 0 Å². The van der Waals surface area contributed by atoms with Gasteiger partial charge >= 0.3 is 5.97 Å². The van der Waals surface area contributed by atoms with E-state index >= 15 is 0 Å². The molecule has 122 valence electrons. The first kappa shape index (κ1) is 15.5. The molecule has 0 bridgehead atoms. The van der Waals surface area contributed by atoms with Crippen LogP contribution in [-0.4, -0.2) is 27.3 Å². The molecule has 3 rings (SSSR count). The Morgan fingerprint density at radius 2 is 1.61 bits per heavy atom. The van der Waals surface area contributed by atoms with Crippen LogP contribution in [0.5, 0.6) is 11.5 Å². The van der Waals surface area contributed by atoms with Crippen molar-refractivity contribution >= 4 is 17.0 Å². The molecule has 6 nitrogen and oxygen atoms in total. The van der Waals surface area contributed by atoms with Crippen LogP contribution in [-0.2, 0) is 4.74 Å². The van der Waals surface area contributed by atoms with Gasteiger partial charge in [0.05, 0.1) is 16.7 Å². The Balaban J connectivity index is 2.05. The monoisotopic (exact) mass is 316 g/mol. The van der Waals surface area contributed by atoms with E-state index in [2.05, 4.69) is 9.97 Å². The van der Waals surface area contributed by atoms with Crippen molar-refractivity contribution in [2.75, 3.05) is 0 Å². The molecule has 0 unspecified atom stereocenters. The number of carbonyl (C=O) groups is 1. The maximum Gasteiger partial charge on any atom is 0.359 e. The number of aromatic nitrogens is 2. The minimum absolute atomic E-state index is 0.213. The average molecular weight is 316 g/mol. The zero-order chi connectivity index (χ0) is 17.0. The first-order chi connectivity index (χ1) is 10.5. The molecule has 1 aliphatic rings. The van der Waals surface area contributed by atoms with Crippen molar-refractivity contribution in [2.45, 2.75) is 52.9 Å². The molecule has 0 atom stereocenters.